The van der Waals surface area contributed by atoms with E-state index in [1.54, 1.807) is 112 Å². The molecular formula is C93H132N24O17S. The maximum atomic E-state index is 15.8. The number of amides is 15. The van der Waals surface area contributed by atoms with E-state index >= 15 is 52.7 Å². The highest BCUT2D eigenvalue weighted by Gasteiger charge is 2.47. The summed E-state index contributed by atoms with van der Waals surface area (Å²) in [5.41, 5.74) is 20.9. The molecule has 3 aromatic carbocycles. The molecule has 3 aliphatic rings. The van der Waals surface area contributed by atoms with Crippen molar-refractivity contribution < 1.29 is 82.1 Å². The number of aliphatic hydroxyl groups excluding tert-OH is 2. The molecular weight excluding hydrogens is 1760 g/mol. The second-order valence-electron chi connectivity index (χ2n) is 35.1. The molecule has 15 amide bonds. The number of H-pyrrole nitrogens is 3. The molecule has 0 bridgehead atoms. The minimum atomic E-state index is -1.87. The first-order valence-electron chi connectivity index (χ1n) is 45.7. The van der Waals surface area contributed by atoms with Crippen LogP contribution in [0.4, 0.5) is 0 Å². The van der Waals surface area contributed by atoms with Crippen LogP contribution in [0.15, 0.2) is 128 Å². The summed E-state index contributed by atoms with van der Waals surface area (Å²) < 4.78 is 0. The van der Waals surface area contributed by atoms with Crippen molar-refractivity contribution in [1.29, 1.82) is 5.41 Å². The molecule has 6 aromatic rings. The van der Waals surface area contributed by atoms with E-state index in [1.165, 1.54) is 48.4 Å². The third-order valence-corrected chi connectivity index (χ3v) is 25.5. The standard InChI is InChI=1S/C93H132N24O17S/c1-11-13-31-74-85(127)106-65(30-22-34-99-93(96)97)81(123)112-73(80(122)102-46-78(95)120)49-135-50-79(121)105-70(38-56-24-16-15-17-25-56)88(130)113(8)55(7)54(6)104-69(37-53(5)94)90(132)116-35-23-33-75(116)86(128)108-67(41-59-45-98-51-103-59)83(125)109-68(36-52(3)4)91(133)117-47-60(119)42-77(117)87(129)107-66(39-57-43-100-63-28-20-18-26-61(57)63)82(124)111-72(48-118)84(126)110-71(40-58-44-101-64-29-21-19-27-62(58)64)89(131)115(10)76(32-14-12-2)92(134)114(74)9/h15-21,24-29,43-45,51-52,55,60,65-77,100-101,104,118-119H,5-6,11-14,22-23,30-42,46-50,94H2,1-4,7-10H3,(H2,95,120)(H,98,103)(H,102,122)(H,105,121)(H,106,127)(H,107,129)(H,108,128)(H,109,125)(H,110,126)(H,111,124)(H,112,123)(H4,96,97,99)/t55-,60+,65-,66-,67-,68-,69-,70-,71-,72-,73-,74-,75-,76-,77-/m0/s1. The van der Waals surface area contributed by atoms with Gasteiger partial charge in [-0.2, -0.15) is 0 Å². The Kier molecular flexibility index (Phi) is 39.5. The van der Waals surface area contributed by atoms with E-state index in [1.807, 2.05) is 13.8 Å². The van der Waals surface area contributed by atoms with Crippen LogP contribution in [0.2, 0.25) is 0 Å². The van der Waals surface area contributed by atoms with Gasteiger partial charge >= 0.3 is 0 Å². The van der Waals surface area contributed by atoms with E-state index in [0.29, 0.717) is 76.3 Å². The third kappa shape index (κ3) is 29.6. The number of unbranched alkanes of at least 4 members (excludes halogenated alkanes) is 2. The van der Waals surface area contributed by atoms with E-state index in [2.05, 4.69) is 91.6 Å². The van der Waals surface area contributed by atoms with Gasteiger partial charge in [0, 0.05) is 143 Å². The number of aromatic amines is 3. The van der Waals surface area contributed by atoms with Gasteiger partial charge < -0.3 is 125 Å². The summed E-state index contributed by atoms with van der Waals surface area (Å²) in [7, 11) is 4.19. The fraction of sp³-hybridized carbons (Fsp3) is 0.516. The monoisotopic (exact) mass is 1890 g/mol. The number of thioether (sulfide) groups is 1. The van der Waals surface area contributed by atoms with Crippen LogP contribution in [-0.4, -0.2) is 305 Å². The lowest BCUT2D eigenvalue weighted by Gasteiger charge is -2.36. The smallest absolute Gasteiger partial charge is 0.246 e. The van der Waals surface area contributed by atoms with Crippen molar-refractivity contribution in [3.8, 4) is 0 Å². The van der Waals surface area contributed by atoms with Crippen LogP contribution in [-0.2, 0) is 97.6 Å². The van der Waals surface area contributed by atoms with E-state index < -0.39 is 211 Å². The summed E-state index contributed by atoms with van der Waals surface area (Å²) in [4.78, 5) is 243. The van der Waals surface area contributed by atoms with E-state index in [4.69, 9.17) is 22.6 Å². The number of hydrogen-bond acceptors (Lipinski definition) is 22. The van der Waals surface area contributed by atoms with Gasteiger partial charge in [0.15, 0.2) is 5.96 Å². The molecule has 3 aromatic heterocycles. The molecule has 3 fully saturated rings. The largest absolute Gasteiger partial charge is 0.402 e. The van der Waals surface area contributed by atoms with Gasteiger partial charge in [-0.25, -0.2) is 4.98 Å². The second kappa shape index (κ2) is 50.6. The Labute approximate surface area is 788 Å². The molecule has 0 spiro atoms. The van der Waals surface area contributed by atoms with E-state index in [9.17, 15) is 29.4 Å². The average molecular weight is 1890 g/mol. The van der Waals surface area contributed by atoms with Crippen molar-refractivity contribution in [1.82, 2.24) is 103 Å². The minimum absolute atomic E-state index is 0.00681. The summed E-state index contributed by atoms with van der Waals surface area (Å²) in [6.07, 6.45) is 5.35. The molecule has 6 heterocycles. The summed E-state index contributed by atoms with van der Waals surface area (Å²) >= 11 is 0.852. The number of primary amides is 1. The number of hydrogen-bond donors (Lipinski definition) is 20. The molecule has 732 valence electrons. The van der Waals surface area contributed by atoms with Crippen molar-refractivity contribution >= 4 is 128 Å². The molecule has 3 aliphatic heterocycles. The predicted octanol–water partition coefficient (Wildman–Crippen LogP) is -0.660. The number of likely N-dealkylation sites (N-methyl/N-ethyl adjacent to an activating group) is 3. The Bertz CT molecular complexity index is 5180. The first-order chi connectivity index (χ1) is 64.4. The summed E-state index contributed by atoms with van der Waals surface area (Å²) in [6, 6.07) is 2.95. The van der Waals surface area contributed by atoms with E-state index in [0.717, 1.165) is 21.6 Å². The molecule has 135 heavy (non-hydrogen) atoms. The maximum Gasteiger partial charge on any atom is 0.246 e. The first kappa shape index (κ1) is 105. The molecule has 41 nitrogen and oxygen atoms in total. The van der Waals surface area contributed by atoms with Crippen LogP contribution in [0, 0.1) is 11.3 Å². The minimum Gasteiger partial charge on any atom is -0.402 e. The highest BCUT2D eigenvalue weighted by Crippen LogP contribution is 2.28. The zero-order chi connectivity index (χ0) is 98.4. The number of guanidine groups is 1. The Morgan fingerprint density at radius 2 is 1.12 bits per heavy atom. The number of carbonyl (C=O) groups excluding carboxylic acids is 15. The normalized spacial score (nSPS) is 24.8. The van der Waals surface area contributed by atoms with Gasteiger partial charge in [0.25, 0.3) is 0 Å². The fourth-order valence-electron chi connectivity index (χ4n) is 16.9. The third-order valence-electron chi connectivity index (χ3n) is 24.5. The highest BCUT2D eigenvalue weighted by molar-refractivity contribution is 8.00. The van der Waals surface area contributed by atoms with Gasteiger partial charge in [-0.15, -0.1) is 11.8 Å². The SMILES string of the molecule is C=C(N)C[C@@H]1NC(=C)[C@H](C)N(C)C(=O)[C@H](Cc2ccccc2)NC(=O)CSC[C@@H](C(=O)NCC(N)=O)NC(=O)[C@H](CCCNC(=N)N)NC(=O)[C@H](CCCC)N(C)C(=O)[C@H](CCCC)N(C)C(=O)[C@H](Cc2c[nH]c3ccccc23)NC(=O)[C@H](CO)NC(=O)[C@H](Cc2c[nH]c3ccccc23)NC(=O)[C@@H]2C[C@@H](O)CN2C(=O)[C@H](CC(C)C)NC(=O)[C@H](Cc2cnc[nH]2)NC(=O)[C@@H]2CCCN2C1=O. The number of fused-ring (bicyclic) bond motifs is 4. The van der Waals surface area contributed by atoms with E-state index in [-0.39, 0.29) is 113 Å². The maximum absolute atomic E-state index is 15.8. The molecule has 0 radical (unpaired) electrons. The molecule has 3 saturated heterocycles. The number of aliphatic hydroxyl groups is 2. The Morgan fingerprint density at radius 3 is 1.72 bits per heavy atom. The van der Waals surface area contributed by atoms with Crippen molar-refractivity contribution in [2.45, 2.75) is 234 Å². The number of imidazole rings is 1. The van der Waals surface area contributed by atoms with Crippen LogP contribution in [0.1, 0.15) is 140 Å². The Hall–Kier alpha value is -13.4. The zero-order valence-corrected chi connectivity index (χ0v) is 78.6. The number of nitrogens with two attached hydrogens (primary N) is 3. The molecule has 15 atom stereocenters. The Morgan fingerprint density at radius 1 is 0.578 bits per heavy atom. The predicted molar refractivity (Wildman–Crippen MR) is 506 cm³/mol. The van der Waals surface area contributed by atoms with Gasteiger partial charge in [-0.3, -0.25) is 77.3 Å². The number of carbonyl (C=O) groups is 15. The molecule has 0 aliphatic carbocycles. The number of para-hydroxylation sites is 2. The van der Waals surface area contributed by atoms with Crippen molar-refractivity contribution in [2.75, 3.05) is 65.4 Å². The summed E-state index contributed by atoms with van der Waals surface area (Å²) in [6.45, 7) is 14.9. The Balaban J connectivity index is 1.10. The van der Waals surface area contributed by atoms with Crippen LogP contribution in [0.3, 0.4) is 0 Å². The van der Waals surface area contributed by atoms with Gasteiger partial charge in [0.2, 0.25) is 88.6 Å². The molecule has 0 unspecified atom stereocenters. The fourth-order valence-corrected chi connectivity index (χ4v) is 17.8. The van der Waals surface area contributed by atoms with Gasteiger partial charge in [0.05, 0.1) is 37.4 Å². The second-order valence-corrected chi connectivity index (χ2v) is 36.2. The van der Waals surface area contributed by atoms with Gasteiger partial charge in [-0.1, -0.05) is 133 Å². The van der Waals surface area contributed by atoms with Crippen LogP contribution >= 0.6 is 11.8 Å². The van der Waals surface area contributed by atoms with Gasteiger partial charge in [0.1, 0.15) is 78.5 Å². The van der Waals surface area contributed by atoms with Crippen molar-refractivity contribution in [3.05, 3.63) is 151 Å². The number of aromatic nitrogens is 4. The van der Waals surface area contributed by atoms with Crippen LogP contribution in [0.5, 0.6) is 0 Å². The lowest BCUT2D eigenvalue weighted by Crippen LogP contribution is -2.61. The summed E-state index contributed by atoms with van der Waals surface area (Å²) in [5, 5.41) is 62.2. The number of nitrogens with one attached hydrogen (secondary N) is 15. The van der Waals surface area contributed by atoms with Crippen LogP contribution < -0.4 is 75.7 Å². The number of rotatable bonds is 26. The van der Waals surface area contributed by atoms with Gasteiger partial charge in [-0.05, 0) is 86.6 Å². The van der Waals surface area contributed by atoms with Crippen molar-refractivity contribution in [3.63, 3.8) is 0 Å². The lowest BCUT2D eigenvalue weighted by atomic mass is 10.00. The van der Waals surface area contributed by atoms with Crippen molar-refractivity contribution in [2.24, 2.45) is 23.1 Å². The topological polar surface area (TPSA) is 607 Å². The highest BCUT2D eigenvalue weighted by atomic mass is 32.2. The number of benzene rings is 3. The average Bonchev–Trinajstić information content (AvgIpc) is 1.74. The molecule has 42 heteroatoms. The molecule has 23 N–H and O–H groups in total. The molecule has 0 saturated carbocycles. The summed E-state index contributed by atoms with van der Waals surface area (Å²) in [5.74, 6) is -14.2. The lowest BCUT2D eigenvalue weighted by molar-refractivity contribution is -0.149. The van der Waals surface area contributed by atoms with Crippen LogP contribution in [0.25, 0.3) is 21.8 Å². The first-order valence-corrected chi connectivity index (χ1v) is 46.9. The molecule has 9 rings (SSSR count). The quantitative estimate of drug-likeness (QED) is 0.0182. The number of nitrogens with zero attached hydrogens (tertiary/aromatic N) is 6. The zero-order valence-electron chi connectivity index (χ0n) is 77.8.